The van der Waals surface area contributed by atoms with Crippen LogP contribution in [0.4, 0.5) is 0 Å². The molecule has 0 saturated carbocycles. The van der Waals surface area contributed by atoms with Crippen molar-refractivity contribution < 1.29 is 14.3 Å². The van der Waals surface area contributed by atoms with E-state index in [1.807, 2.05) is 48.5 Å². The minimum atomic E-state index is -1.07. The van der Waals surface area contributed by atoms with E-state index in [9.17, 15) is 4.79 Å². The van der Waals surface area contributed by atoms with Crippen molar-refractivity contribution in [2.45, 2.75) is 18.6 Å². The van der Waals surface area contributed by atoms with Crippen molar-refractivity contribution in [3.63, 3.8) is 0 Å². The molecule has 4 rings (SSSR count). The van der Waals surface area contributed by atoms with Crippen LogP contribution in [0.15, 0.2) is 78.9 Å². The molecule has 1 atom stereocenters. The number of ether oxygens (including phenoxy) is 2. The van der Waals surface area contributed by atoms with Crippen LogP contribution < -0.4 is 10.5 Å². The SMILES string of the molecule is COc1cccc(CN2CCOC(Cc3ccccc3-c3ccccc3)(C(N)=O)C2)c1. The molecule has 0 spiro atoms. The maximum atomic E-state index is 12.7. The van der Waals surface area contributed by atoms with E-state index in [0.717, 1.165) is 34.5 Å². The summed E-state index contributed by atoms with van der Waals surface area (Å²) in [4.78, 5) is 14.9. The second-order valence-corrected chi connectivity index (χ2v) is 7.97. The maximum Gasteiger partial charge on any atom is 0.251 e. The monoisotopic (exact) mass is 416 g/mol. The summed E-state index contributed by atoms with van der Waals surface area (Å²) in [7, 11) is 1.66. The number of hydrogen-bond acceptors (Lipinski definition) is 4. The number of methoxy groups -OCH3 is 1. The van der Waals surface area contributed by atoms with Gasteiger partial charge in [0.15, 0.2) is 5.60 Å². The summed E-state index contributed by atoms with van der Waals surface area (Å²) in [5.41, 5.74) is 9.25. The first kappa shape index (κ1) is 21.1. The number of carbonyl (C=O) groups is 1. The number of rotatable bonds is 7. The molecule has 5 heteroatoms. The van der Waals surface area contributed by atoms with Gasteiger partial charge in [0.05, 0.1) is 13.7 Å². The van der Waals surface area contributed by atoms with E-state index >= 15 is 0 Å². The zero-order valence-electron chi connectivity index (χ0n) is 17.8. The summed E-state index contributed by atoms with van der Waals surface area (Å²) in [5, 5.41) is 0. The molecule has 1 unspecified atom stereocenters. The predicted octanol–water partition coefficient (Wildman–Crippen LogP) is 3.66. The average molecular weight is 417 g/mol. The van der Waals surface area contributed by atoms with Gasteiger partial charge in [-0.2, -0.15) is 0 Å². The van der Waals surface area contributed by atoms with Gasteiger partial charge in [-0.25, -0.2) is 0 Å². The smallest absolute Gasteiger partial charge is 0.251 e. The van der Waals surface area contributed by atoms with E-state index in [1.165, 1.54) is 0 Å². The molecule has 0 bridgehead atoms. The number of benzene rings is 3. The van der Waals surface area contributed by atoms with Crippen molar-refractivity contribution >= 4 is 5.91 Å². The van der Waals surface area contributed by atoms with Crippen LogP contribution in [0, 0.1) is 0 Å². The molecule has 31 heavy (non-hydrogen) atoms. The van der Waals surface area contributed by atoms with Gasteiger partial charge in [0.2, 0.25) is 0 Å². The summed E-state index contributed by atoms with van der Waals surface area (Å²) < 4.78 is 11.4. The highest BCUT2D eigenvalue weighted by atomic mass is 16.5. The van der Waals surface area contributed by atoms with E-state index in [2.05, 4.69) is 35.2 Å². The topological polar surface area (TPSA) is 64.8 Å². The van der Waals surface area contributed by atoms with Gasteiger partial charge < -0.3 is 15.2 Å². The lowest BCUT2D eigenvalue weighted by Crippen LogP contribution is -2.59. The summed E-state index contributed by atoms with van der Waals surface area (Å²) in [5.74, 6) is 0.398. The van der Waals surface area contributed by atoms with Crippen molar-refractivity contribution in [3.05, 3.63) is 90.0 Å². The molecule has 0 radical (unpaired) electrons. The molecule has 1 aliphatic rings. The molecule has 160 valence electrons. The summed E-state index contributed by atoms with van der Waals surface area (Å²) in [6.07, 6.45) is 0.433. The summed E-state index contributed by atoms with van der Waals surface area (Å²) >= 11 is 0. The van der Waals surface area contributed by atoms with Gasteiger partial charge in [0.1, 0.15) is 5.75 Å². The Balaban J connectivity index is 1.59. The molecule has 1 aliphatic heterocycles. The van der Waals surface area contributed by atoms with Crippen molar-refractivity contribution in [2.75, 3.05) is 26.8 Å². The van der Waals surface area contributed by atoms with Gasteiger partial charge in [-0.3, -0.25) is 9.69 Å². The fourth-order valence-electron chi connectivity index (χ4n) is 4.24. The summed E-state index contributed by atoms with van der Waals surface area (Å²) in [6, 6.07) is 26.3. The Hall–Kier alpha value is -3.15. The number of primary amides is 1. The largest absolute Gasteiger partial charge is 0.497 e. The Kier molecular flexibility index (Phi) is 6.35. The highest BCUT2D eigenvalue weighted by molar-refractivity contribution is 5.85. The molecular weight excluding hydrogens is 388 g/mol. The second-order valence-electron chi connectivity index (χ2n) is 7.97. The Labute approximate surface area is 183 Å². The number of amides is 1. The van der Waals surface area contributed by atoms with Crippen LogP contribution in [0.25, 0.3) is 11.1 Å². The molecule has 3 aromatic rings. The van der Waals surface area contributed by atoms with Gasteiger partial charge in [-0.1, -0.05) is 66.7 Å². The van der Waals surface area contributed by atoms with Crippen LogP contribution in [-0.4, -0.2) is 43.2 Å². The van der Waals surface area contributed by atoms with Crippen LogP contribution in [0.1, 0.15) is 11.1 Å². The molecule has 1 amide bonds. The van der Waals surface area contributed by atoms with Gasteiger partial charge in [-0.05, 0) is 34.4 Å². The lowest BCUT2D eigenvalue weighted by Gasteiger charge is -2.41. The molecule has 0 aromatic heterocycles. The fourth-order valence-corrected chi connectivity index (χ4v) is 4.24. The fraction of sp³-hybridized carbons (Fsp3) is 0.269. The average Bonchev–Trinajstić information content (AvgIpc) is 2.80. The Bertz CT molecular complexity index is 1040. The third-order valence-electron chi connectivity index (χ3n) is 5.83. The van der Waals surface area contributed by atoms with Crippen LogP contribution in [0.3, 0.4) is 0 Å². The van der Waals surface area contributed by atoms with Gasteiger partial charge in [0, 0.05) is 26.1 Å². The first-order valence-corrected chi connectivity index (χ1v) is 10.5. The van der Waals surface area contributed by atoms with Gasteiger partial charge >= 0.3 is 0 Å². The maximum absolute atomic E-state index is 12.7. The normalized spacial score (nSPS) is 19.1. The van der Waals surface area contributed by atoms with Crippen molar-refractivity contribution in [3.8, 4) is 16.9 Å². The zero-order valence-corrected chi connectivity index (χ0v) is 17.8. The van der Waals surface area contributed by atoms with E-state index in [4.69, 9.17) is 15.2 Å². The van der Waals surface area contributed by atoms with Crippen molar-refractivity contribution in [2.24, 2.45) is 5.73 Å². The second kappa shape index (κ2) is 9.33. The molecule has 0 aliphatic carbocycles. The van der Waals surface area contributed by atoms with Crippen LogP contribution in [0.5, 0.6) is 5.75 Å². The first-order valence-electron chi connectivity index (χ1n) is 10.5. The highest BCUT2D eigenvalue weighted by Gasteiger charge is 2.42. The van der Waals surface area contributed by atoms with Crippen LogP contribution >= 0.6 is 0 Å². The molecule has 1 fully saturated rings. The molecule has 3 aromatic carbocycles. The number of nitrogens with two attached hydrogens (primary N) is 1. The number of morpholine rings is 1. The van der Waals surface area contributed by atoms with Crippen LogP contribution in [-0.2, 0) is 22.5 Å². The van der Waals surface area contributed by atoms with Gasteiger partial charge in [-0.15, -0.1) is 0 Å². The van der Waals surface area contributed by atoms with Crippen molar-refractivity contribution in [1.29, 1.82) is 0 Å². The van der Waals surface area contributed by atoms with E-state index in [0.29, 0.717) is 26.1 Å². The summed E-state index contributed by atoms with van der Waals surface area (Å²) in [6.45, 7) is 2.35. The van der Waals surface area contributed by atoms with E-state index in [1.54, 1.807) is 7.11 Å². The third kappa shape index (κ3) is 4.79. The third-order valence-corrected chi connectivity index (χ3v) is 5.83. The van der Waals surface area contributed by atoms with Gasteiger partial charge in [0.25, 0.3) is 5.91 Å². The number of carbonyl (C=O) groups excluding carboxylic acids is 1. The molecule has 2 N–H and O–H groups in total. The number of hydrogen-bond donors (Lipinski definition) is 1. The van der Waals surface area contributed by atoms with Crippen LogP contribution in [0.2, 0.25) is 0 Å². The Morgan fingerprint density at radius 2 is 1.84 bits per heavy atom. The van der Waals surface area contributed by atoms with E-state index in [-0.39, 0.29) is 0 Å². The van der Waals surface area contributed by atoms with Crippen molar-refractivity contribution in [1.82, 2.24) is 4.90 Å². The lowest BCUT2D eigenvalue weighted by atomic mass is 9.87. The van der Waals surface area contributed by atoms with E-state index < -0.39 is 11.5 Å². The minimum Gasteiger partial charge on any atom is -0.497 e. The lowest BCUT2D eigenvalue weighted by molar-refractivity contribution is -0.157. The standard InChI is InChI=1S/C26H28N2O3/c1-30-23-12-7-8-20(16-23)18-28-14-15-31-26(19-28,25(27)29)17-22-11-5-6-13-24(22)21-9-3-2-4-10-21/h2-13,16H,14-15,17-19H2,1H3,(H2,27,29). The first-order chi connectivity index (χ1) is 15.1. The Morgan fingerprint density at radius 1 is 1.06 bits per heavy atom. The Morgan fingerprint density at radius 3 is 2.61 bits per heavy atom. The number of nitrogens with zero attached hydrogens (tertiary/aromatic N) is 1. The molecular formula is C26H28N2O3. The molecule has 1 saturated heterocycles. The predicted molar refractivity (Wildman–Crippen MR) is 122 cm³/mol. The zero-order chi connectivity index (χ0) is 21.7. The molecule has 1 heterocycles. The minimum absolute atomic E-state index is 0.425. The quantitative estimate of drug-likeness (QED) is 0.638. The molecule has 5 nitrogen and oxygen atoms in total. The highest BCUT2D eigenvalue weighted by Crippen LogP contribution is 2.30.